The van der Waals surface area contributed by atoms with E-state index in [9.17, 15) is 9.59 Å². The molecule has 0 N–H and O–H groups in total. The second-order valence-electron chi connectivity index (χ2n) is 7.76. The molecule has 0 aromatic carbocycles. The van der Waals surface area contributed by atoms with Crippen LogP contribution in [0.4, 0.5) is 0 Å². The van der Waals surface area contributed by atoms with E-state index in [2.05, 4.69) is 26.8 Å². The fourth-order valence-electron chi connectivity index (χ4n) is 3.87. The highest BCUT2D eigenvalue weighted by Gasteiger charge is 2.51. The minimum atomic E-state index is -1.46. The van der Waals surface area contributed by atoms with Gasteiger partial charge in [0, 0.05) is 0 Å². The number of hydrogen-bond donors (Lipinski definition) is 0. The Bertz CT molecular complexity index is 474. The van der Waals surface area contributed by atoms with Crippen molar-refractivity contribution >= 4 is 20.0 Å². The summed E-state index contributed by atoms with van der Waals surface area (Å²) in [6.07, 6.45) is 3.42. The number of rotatable bonds is 8. The first-order chi connectivity index (χ1) is 11.7. The van der Waals surface area contributed by atoms with Gasteiger partial charge < -0.3 is 9.47 Å². The number of hydrogen-bond acceptors (Lipinski definition) is 4. The van der Waals surface area contributed by atoms with Gasteiger partial charge in [-0.25, -0.2) is 0 Å². The van der Waals surface area contributed by atoms with E-state index in [4.69, 9.17) is 9.47 Å². The summed E-state index contributed by atoms with van der Waals surface area (Å²) >= 11 is 0. The van der Waals surface area contributed by atoms with Crippen LogP contribution in [0.3, 0.4) is 0 Å². The van der Waals surface area contributed by atoms with Gasteiger partial charge in [-0.15, -0.1) is 0 Å². The van der Waals surface area contributed by atoms with Crippen molar-refractivity contribution in [1.29, 1.82) is 0 Å². The van der Waals surface area contributed by atoms with Crippen molar-refractivity contribution in [3.63, 3.8) is 0 Å². The Morgan fingerprint density at radius 1 is 1.00 bits per heavy atom. The Morgan fingerprint density at radius 3 is 1.72 bits per heavy atom. The summed E-state index contributed by atoms with van der Waals surface area (Å²) in [6, 6.07) is 3.64. The molecule has 0 saturated heterocycles. The molecular formula is C20H36O4Si. The molecule has 0 aromatic rings. The highest BCUT2D eigenvalue weighted by Crippen LogP contribution is 2.43. The van der Waals surface area contributed by atoms with Gasteiger partial charge in [0.15, 0.2) is 5.41 Å². The van der Waals surface area contributed by atoms with Crippen molar-refractivity contribution in [2.75, 3.05) is 0 Å². The predicted octanol–water partition coefficient (Wildman–Crippen LogP) is 5.03. The fraction of sp³-hybridized carbons (Fsp3) is 0.800. The second kappa shape index (κ2) is 9.02. The molecule has 1 rings (SSSR count). The molecule has 144 valence electrons. The van der Waals surface area contributed by atoms with E-state index >= 15 is 0 Å². The van der Waals surface area contributed by atoms with Crippen LogP contribution in [0.1, 0.15) is 67.7 Å². The van der Waals surface area contributed by atoms with E-state index in [1.807, 2.05) is 27.7 Å². The van der Waals surface area contributed by atoms with Crippen LogP contribution in [-0.2, 0) is 19.1 Å². The monoisotopic (exact) mass is 368 g/mol. The zero-order valence-electron chi connectivity index (χ0n) is 17.1. The first-order valence-electron chi connectivity index (χ1n) is 9.79. The Balaban J connectivity index is 3.17. The summed E-state index contributed by atoms with van der Waals surface area (Å²) < 4.78 is 10.9. The van der Waals surface area contributed by atoms with Crippen molar-refractivity contribution < 1.29 is 19.1 Å². The topological polar surface area (TPSA) is 52.6 Å². The SMILES string of the molecule is CC[Si](CC)(CC)C1=CCC(C(=O)OC(C)C)(C(=O)OC(C)C)CC1. The van der Waals surface area contributed by atoms with Crippen LogP contribution < -0.4 is 0 Å². The molecule has 0 unspecified atom stereocenters. The van der Waals surface area contributed by atoms with Gasteiger partial charge in [-0.3, -0.25) is 9.59 Å². The number of carbonyl (C=O) groups excluding carboxylic acids is 2. The van der Waals surface area contributed by atoms with Crippen molar-refractivity contribution in [2.24, 2.45) is 5.41 Å². The van der Waals surface area contributed by atoms with Crippen LogP contribution in [-0.4, -0.2) is 32.2 Å². The molecule has 0 atom stereocenters. The summed E-state index contributed by atoms with van der Waals surface area (Å²) in [6.45, 7) is 14.1. The van der Waals surface area contributed by atoms with Gasteiger partial charge in [0.1, 0.15) is 0 Å². The molecule has 0 radical (unpaired) electrons. The third-order valence-electron chi connectivity index (χ3n) is 5.70. The van der Waals surface area contributed by atoms with E-state index in [0.29, 0.717) is 12.8 Å². The van der Waals surface area contributed by atoms with E-state index < -0.39 is 25.4 Å². The molecular weight excluding hydrogens is 332 g/mol. The van der Waals surface area contributed by atoms with Crippen molar-refractivity contribution in [1.82, 2.24) is 0 Å². The van der Waals surface area contributed by atoms with E-state index in [1.165, 1.54) is 23.3 Å². The standard InChI is InChI=1S/C20H36O4Si/c1-8-25(9-2,10-3)17-11-13-20(14-12-17,18(21)23-15(4)5)19(22)24-16(6)7/h11,15-16H,8-10,12-14H2,1-7H3. The smallest absolute Gasteiger partial charge is 0.324 e. The second-order valence-corrected chi connectivity index (χ2v) is 13.1. The lowest BCUT2D eigenvalue weighted by Gasteiger charge is -2.39. The predicted molar refractivity (Wildman–Crippen MR) is 104 cm³/mol. The van der Waals surface area contributed by atoms with E-state index in [-0.39, 0.29) is 12.2 Å². The highest BCUT2D eigenvalue weighted by molar-refractivity contribution is 6.86. The molecule has 5 heteroatoms. The molecule has 25 heavy (non-hydrogen) atoms. The molecule has 0 amide bonds. The summed E-state index contributed by atoms with van der Waals surface area (Å²) in [5.74, 6) is -0.861. The van der Waals surface area contributed by atoms with E-state index in [1.54, 1.807) is 0 Å². The molecule has 0 bridgehead atoms. The van der Waals surface area contributed by atoms with Crippen LogP contribution in [0.25, 0.3) is 0 Å². The van der Waals surface area contributed by atoms with Crippen LogP contribution in [0.2, 0.25) is 18.1 Å². The van der Waals surface area contributed by atoms with Gasteiger partial charge in [0.25, 0.3) is 0 Å². The molecule has 0 heterocycles. The molecule has 1 aliphatic rings. The zero-order valence-corrected chi connectivity index (χ0v) is 18.1. The molecule has 0 aromatic heterocycles. The number of carbonyl (C=O) groups is 2. The van der Waals surface area contributed by atoms with E-state index in [0.717, 1.165) is 6.42 Å². The largest absolute Gasteiger partial charge is 0.462 e. The summed E-state index contributed by atoms with van der Waals surface area (Å²) in [7, 11) is -1.46. The Kier molecular flexibility index (Phi) is 7.91. The fourth-order valence-corrected chi connectivity index (χ4v) is 7.92. The summed E-state index contributed by atoms with van der Waals surface area (Å²) in [4.78, 5) is 25.6. The van der Waals surface area contributed by atoms with Crippen LogP contribution >= 0.6 is 0 Å². The number of esters is 2. The average Bonchev–Trinajstić information content (AvgIpc) is 2.56. The molecule has 0 saturated carbocycles. The van der Waals surface area contributed by atoms with Gasteiger partial charge in [-0.1, -0.05) is 50.2 Å². The molecule has 0 aliphatic heterocycles. The first-order valence-corrected chi connectivity index (χ1v) is 12.4. The number of allylic oxidation sites excluding steroid dienone is 2. The lowest BCUT2D eigenvalue weighted by molar-refractivity contribution is -0.177. The quantitative estimate of drug-likeness (QED) is 0.342. The van der Waals surface area contributed by atoms with Crippen LogP contribution in [0, 0.1) is 5.41 Å². The van der Waals surface area contributed by atoms with Gasteiger partial charge in [-0.05, 0) is 47.0 Å². The molecule has 1 aliphatic carbocycles. The van der Waals surface area contributed by atoms with Gasteiger partial charge in [0.05, 0.1) is 20.3 Å². The zero-order chi connectivity index (χ0) is 19.3. The lowest BCUT2D eigenvalue weighted by atomic mass is 9.76. The van der Waals surface area contributed by atoms with Crippen molar-refractivity contribution in [3.8, 4) is 0 Å². The minimum Gasteiger partial charge on any atom is -0.462 e. The maximum Gasteiger partial charge on any atom is 0.324 e. The minimum absolute atomic E-state index is 0.239. The van der Waals surface area contributed by atoms with Crippen LogP contribution in [0.5, 0.6) is 0 Å². The van der Waals surface area contributed by atoms with Gasteiger partial charge >= 0.3 is 11.9 Å². The Labute approximate surface area is 154 Å². The summed E-state index contributed by atoms with van der Waals surface area (Å²) in [5.41, 5.74) is -1.17. The number of ether oxygens (including phenoxy) is 2. The third-order valence-corrected chi connectivity index (χ3v) is 11.6. The lowest BCUT2D eigenvalue weighted by Crippen LogP contribution is -2.46. The Morgan fingerprint density at radius 2 is 1.44 bits per heavy atom. The molecule has 0 spiro atoms. The molecule has 4 nitrogen and oxygen atoms in total. The molecule has 0 fully saturated rings. The maximum atomic E-state index is 12.8. The first kappa shape index (κ1) is 21.9. The van der Waals surface area contributed by atoms with Gasteiger partial charge in [0.2, 0.25) is 0 Å². The van der Waals surface area contributed by atoms with Gasteiger partial charge in [-0.2, -0.15) is 0 Å². The third kappa shape index (κ3) is 4.75. The van der Waals surface area contributed by atoms with Crippen molar-refractivity contribution in [3.05, 3.63) is 11.3 Å². The maximum absolute atomic E-state index is 12.8. The Hall–Kier alpha value is -1.10. The normalized spacial score (nSPS) is 17.4. The highest BCUT2D eigenvalue weighted by atomic mass is 28.3. The average molecular weight is 369 g/mol. The van der Waals surface area contributed by atoms with Crippen LogP contribution in [0.15, 0.2) is 11.3 Å². The van der Waals surface area contributed by atoms with Crippen molar-refractivity contribution in [2.45, 2.75) is 98.1 Å². The summed E-state index contributed by atoms with van der Waals surface area (Å²) in [5, 5.41) is 1.52.